The summed E-state index contributed by atoms with van der Waals surface area (Å²) in [5, 5.41) is 7.86. The Bertz CT molecular complexity index is 1240. The number of amides is 2. The number of carbonyl (C=O) groups excluding carboxylic acids is 2. The van der Waals surface area contributed by atoms with Gasteiger partial charge in [-0.2, -0.15) is 4.39 Å². The summed E-state index contributed by atoms with van der Waals surface area (Å²) in [6, 6.07) is 8.97. The van der Waals surface area contributed by atoms with Crippen molar-refractivity contribution in [3.05, 3.63) is 77.1 Å². The number of benzene rings is 2. The summed E-state index contributed by atoms with van der Waals surface area (Å²) in [6.07, 6.45) is 1.43. The third-order valence-electron chi connectivity index (χ3n) is 4.71. The zero-order valence-electron chi connectivity index (χ0n) is 17.1. The highest BCUT2D eigenvalue weighted by atomic mass is 19.2. The predicted octanol–water partition coefficient (Wildman–Crippen LogP) is 3.61. The largest absolute Gasteiger partial charge is 0.425 e. The number of hydrogen-bond donors (Lipinski definition) is 3. The average molecular weight is 458 g/mol. The van der Waals surface area contributed by atoms with Crippen LogP contribution in [0.25, 0.3) is 0 Å². The summed E-state index contributed by atoms with van der Waals surface area (Å²) < 4.78 is 50.6. The van der Waals surface area contributed by atoms with E-state index in [1.165, 1.54) is 37.5 Å². The van der Waals surface area contributed by atoms with E-state index in [0.717, 1.165) is 12.1 Å². The molecular weight excluding hydrogens is 441 g/mol. The second kappa shape index (κ2) is 9.07. The number of nitrogens with zero attached hydrogens (tertiary/aromatic N) is 1. The van der Waals surface area contributed by atoms with Crippen molar-refractivity contribution in [2.24, 2.45) is 0 Å². The summed E-state index contributed by atoms with van der Waals surface area (Å²) in [7, 11) is 1.47. The maximum atomic E-state index is 13.9. The van der Waals surface area contributed by atoms with Gasteiger partial charge in [0.05, 0.1) is 11.3 Å². The summed E-state index contributed by atoms with van der Waals surface area (Å²) >= 11 is 0. The van der Waals surface area contributed by atoms with E-state index in [1.807, 2.05) is 0 Å². The van der Waals surface area contributed by atoms with Gasteiger partial charge < -0.3 is 25.4 Å². The average Bonchev–Trinajstić information content (AvgIpc) is 3.18. The molecule has 0 radical (unpaired) electrons. The molecule has 1 aromatic heterocycles. The van der Waals surface area contributed by atoms with Gasteiger partial charge in [-0.1, -0.05) is 0 Å². The summed E-state index contributed by atoms with van der Waals surface area (Å²) in [5.41, 5.74) is 0.885. The molecule has 2 amide bonds. The highest BCUT2D eigenvalue weighted by Gasteiger charge is 2.24. The molecule has 3 aromatic rings. The van der Waals surface area contributed by atoms with Crippen LogP contribution < -0.4 is 25.4 Å². The van der Waals surface area contributed by atoms with Crippen molar-refractivity contribution in [2.45, 2.75) is 13.1 Å². The van der Waals surface area contributed by atoms with Crippen LogP contribution in [0.2, 0.25) is 0 Å². The maximum absolute atomic E-state index is 13.9. The first-order chi connectivity index (χ1) is 15.8. The first-order valence-corrected chi connectivity index (χ1v) is 9.67. The summed E-state index contributed by atoms with van der Waals surface area (Å²) in [4.78, 5) is 28.5. The second-order valence-electron chi connectivity index (χ2n) is 6.92. The fourth-order valence-electron chi connectivity index (χ4n) is 3.11. The summed E-state index contributed by atoms with van der Waals surface area (Å²) in [6.45, 7) is -1.84. The van der Waals surface area contributed by atoms with Crippen LogP contribution in [0.3, 0.4) is 0 Å². The van der Waals surface area contributed by atoms with Gasteiger partial charge in [-0.3, -0.25) is 14.6 Å². The number of carbonyl (C=O) groups is 2. The van der Waals surface area contributed by atoms with E-state index in [1.54, 1.807) is 6.07 Å². The molecule has 1 aliphatic heterocycles. The van der Waals surface area contributed by atoms with Gasteiger partial charge in [0.25, 0.3) is 11.8 Å². The SMILES string of the molecule is CNC(=O)c1cc(CNc2cc(F)c(F)cc2C(=O)Nc2ccc3c(c2)OC(F)O3)ccn1. The molecule has 33 heavy (non-hydrogen) atoms. The number of anilines is 2. The van der Waals surface area contributed by atoms with E-state index in [2.05, 4.69) is 20.9 Å². The molecule has 4 rings (SSSR count). The van der Waals surface area contributed by atoms with Gasteiger partial charge in [-0.25, -0.2) is 8.78 Å². The number of fused-ring (bicyclic) bond motifs is 1. The molecule has 0 bridgehead atoms. The van der Waals surface area contributed by atoms with Crippen LogP contribution in [0.15, 0.2) is 48.7 Å². The topological polar surface area (TPSA) is 102 Å². The standard InChI is InChI=1S/C22H17F3N4O4/c1-26-21(31)17-6-11(4-5-27-17)10-28-16-9-15(24)14(23)8-13(16)20(30)29-12-2-3-18-19(7-12)33-22(25)32-18/h2-9,22,28H,10H2,1H3,(H,26,31)(H,29,30). The van der Waals surface area contributed by atoms with Crippen LogP contribution in [0, 0.1) is 11.6 Å². The Labute approximate surface area is 185 Å². The Morgan fingerprint density at radius 1 is 1.00 bits per heavy atom. The lowest BCUT2D eigenvalue weighted by molar-refractivity contribution is -0.0652. The summed E-state index contributed by atoms with van der Waals surface area (Å²) in [5.74, 6) is -3.22. The van der Waals surface area contributed by atoms with Gasteiger partial charge in [0.15, 0.2) is 23.1 Å². The number of halogens is 3. The fraction of sp³-hybridized carbons (Fsp3) is 0.136. The minimum Gasteiger partial charge on any atom is -0.425 e. The maximum Gasteiger partial charge on any atom is 0.397 e. The van der Waals surface area contributed by atoms with Gasteiger partial charge in [-0.15, -0.1) is 0 Å². The van der Waals surface area contributed by atoms with E-state index in [9.17, 15) is 22.8 Å². The molecule has 0 aliphatic carbocycles. The smallest absolute Gasteiger partial charge is 0.397 e. The van der Waals surface area contributed by atoms with Gasteiger partial charge in [0, 0.05) is 37.6 Å². The van der Waals surface area contributed by atoms with E-state index in [4.69, 9.17) is 9.47 Å². The molecule has 2 aromatic carbocycles. The Kier molecular flexibility index (Phi) is 6.03. The molecule has 11 heteroatoms. The molecule has 0 fully saturated rings. The number of aromatic nitrogens is 1. The Morgan fingerprint density at radius 3 is 2.55 bits per heavy atom. The molecular formula is C22H17F3N4O4. The molecule has 1 unspecified atom stereocenters. The van der Waals surface area contributed by atoms with E-state index >= 15 is 0 Å². The van der Waals surface area contributed by atoms with Crippen LogP contribution in [0.4, 0.5) is 24.5 Å². The number of alkyl halides is 1. The molecule has 170 valence electrons. The van der Waals surface area contributed by atoms with Gasteiger partial charge in [-0.05, 0) is 35.9 Å². The number of nitrogens with one attached hydrogen (secondary N) is 3. The zero-order valence-corrected chi connectivity index (χ0v) is 17.1. The first kappa shape index (κ1) is 21.9. The number of ether oxygens (including phenoxy) is 2. The van der Waals surface area contributed by atoms with Gasteiger partial charge in [0.1, 0.15) is 5.69 Å². The third kappa shape index (κ3) is 4.81. The van der Waals surface area contributed by atoms with E-state index in [0.29, 0.717) is 5.56 Å². The highest BCUT2D eigenvalue weighted by molar-refractivity contribution is 6.08. The van der Waals surface area contributed by atoms with Crippen molar-refractivity contribution < 1.29 is 32.2 Å². The zero-order chi connectivity index (χ0) is 23.5. The van der Waals surface area contributed by atoms with Crippen LogP contribution in [-0.4, -0.2) is 30.4 Å². The molecule has 2 heterocycles. The minimum absolute atomic E-state index is 0.0225. The van der Waals surface area contributed by atoms with E-state index in [-0.39, 0.29) is 46.6 Å². The minimum atomic E-state index is -1.94. The lowest BCUT2D eigenvalue weighted by Gasteiger charge is -2.14. The highest BCUT2D eigenvalue weighted by Crippen LogP contribution is 2.37. The van der Waals surface area contributed by atoms with Crippen LogP contribution in [0.1, 0.15) is 26.4 Å². The molecule has 1 aliphatic rings. The molecule has 8 nitrogen and oxygen atoms in total. The van der Waals surface area contributed by atoms with Crippen LogP contribution >= 0.6 is 0 Å². The van der Waals surface area contributed by atoms with Crippen molar-refractivity contribution >= 4 is 23.2 Å². The molecule has 3 N–H and O–H groups in total. The molecule has 0 saturated heterocycles. The lowest BCUT2D eigenvalue weighted by atomic mass is 10.1. The normalized spacial score (nSPS) is 14.0. The Balaban J connectivity index is 1.54. The van der Waals surface area contributed by atoms with Crippen molar-refractivity contribution in [1.29, 1.82) is 0 Å². The second-order valence-corrected chi connectivity index (χ2v) is 6.92. The van der Waals surface area contributed by atoms with Gasteiger partial charge >= 0.3 is 6.54 Å². The number of pyridine rings is 1. The molecule has 0 spiro atoms. The number of hydrogen-bond acceptors (Lipinski definition) is 6. The Morgan fingerprint density at radius 2 is 1.76 bits per heavy atom. The van der Waals surface area contributed by atoms with Crippen LogP contribution in [-0.2, 0) is 6.54 Å². The number of rotatable bonds is 6. The van der Waals surface area contributed by atoms with Crippen molar-refractivity contribution in [3.63, 3.8) is 0 Å². The monoisotopic (exact) mass is 458 g/mol. The quantitative estimate of drug-likeness (QED) is 0.522. The third-order valence-corrected chi connectivity index (χ3v) is 4.71. The van der Waals surface area contributed by atoms with Crippen LogP contribution in [0.5, 0.6) is 11.5 Å². The lowest BCUT2D eigenvalue weighted by Crippen LogP contribution is -2.19. The molecule has 1 atom stereocenters. The first-order valence-electron chi connectivity index (χ1n) is 9.67. The Hall–Kier alpha value is -4.28. The van der Waals surface area contributed by atoms with Crippen molar-refractivity contribution in [1.82, 2.24) is 10.3 Å². The predicted molar refractivity (Wildman–Crippen MR) is 112 cm³/mol. The van der Waals surface area contributed by atoms with Crippen molar-refractivity contribution in [3.8, 4) is 11.5 Å². The van der Waals surface area contributed by atoms with Gasteiger partial charge in [0.2, 0.25) is 0 Å². The molecule has 0 saturated carbocycles. The van der Waals surface area contributed by atoms with E-state index < -0.39 is 24.1 Å². The fourth-order valence-corrected chi connectivity index (χ4v) is 3.11. The van der Waals surface area contributed by atoms with Crippen molar-refractivity contribution in [2.75, 3.05) is 17.7 Å².